The summed E-state index contributed by atoms with van der Waals surface area (Å²) >= 11 is 6.05. The number of halogens is 1. The molecule has 0 heterocycles. The van der Waals surface area contributed by atoms with Gasteiger partial charge < -0.3 is 20.7 Å². The molecule has 1 aromatic rings. The third-order valence-corrected chi connectivity index (χ3v) is 3.18. The zero-order valence-electron chi connectivity index (χ0n) is 10.7. The Labute approximate surface area is 112 Å². The van der Waals surface area contributed by atoms with Crippen LogP contribution in [0, 0.1) is 6.92 Å². The molecule has 5 heteroatoms. The van der Waals surface area contributed by atoms with Gasteiger partial charge in [0.05, 0.1) is 12.7 Å². The quantitative estimate of drug-likeness (QED) is 0.739. The lowest BCUT2D eigenvalue weighted by molar-refractivity contribution is 0.125. The van der Waals surface area contributed by atoms with Crippen LogP contribution in [0.4, 0.5) is 0 Å². The zero-order valence-corrected chi connectivity index (χ0v) is 11.4. The molecule has 0 spiro atoms. The summed E-state index contributed by atoms with van der Waals surface area (Å²) in [7, 11) is 0. The predicted molar refractivity (Wildman–Crippen MR) is 72.0 cm³/mol. The number of aryl methyl sites for hydroxylation is 1. The van der Waals surface area contributed by atoms with Crippen LogP contribution in [0.5, 0.6) is 5.75 Å². The van der Waals surface area contributed by atoms with Crippen molar-refractivity contribution in [3.8, 4) is 5.75 Å². The molecule has 0 aliphatic rings. The van der Waals surface area contributed by atoms with Crippen LogP contribution in [0.15, 0.2) is 12.1 Å². The van der Waals surface area contributed by atoms with Crippen molar-refractivity contribution >= 4 is 11.6 Å². The second-order valence-electron chi connectivity index (χ2n) is 4.19. The van der Waals surface area contributed by atoms with Gasteiger partial charge in [0.1, 0.15) is 5.75 Å². The standard InChI is InChI=1S/C13H20ClNO3/c1-3-18-12-6-8(2)10(14)7-9(12)13(17)11(15)4-5-16/h6-7,11,13,16-17H,3-5,15H2,1-2H3. The highest BCUT2D eigenvalue weighted by Crippen LogP contribution is 2.32. The molecule has 0 aliphatic carbocycles. The predicted octanol–water partition coefficient (Wildman–Crippen LogP) is 1.79. The molecule has 4 nitrogen and oxygen atoms in total. The minimum atomic E-state index is -0.906. The van der Waals surface area contributed by atoms with E-state index in [4.69, 9.17) is 27.2 Å². The number of aliphatic hydroxyl groups excluding tert-OH is 2. The van der Waals surface area contributed by atoms with E-state index in [1.165, 1.54) is 0 Å². The van der Waals surface area contributed by atoms with E-state index in [2.05, 4.69) is 0 Å². The monoisotopic (exact) mass is 273 g/mol. The molecule has 2 unspecified atom stereocenters. The van der Waals surface area contributed by atoms with Gasteiger partial charge in [0.25, 0.3) is 0 Å². The van der Waals surface area contributed by atoms with Crippen molar-refractivity contribution in [1.29, 1.82) is 0 Å². The van der Waals surface area contributed by atoms with E-state index in [0.29, 0.717) is 29.4 Å². The van der Waals surface area contributed by atoms with Gasteiger partial charge in [-0.2, -0.15) is 0 Å². The SMILES string of the molecule is CCOc1cc(C)c(Cl)cc1C(O)C(N)CCO. The zero-order chi connectivity index (χ0) is 13.7. The van der Waals surface area contributed by atoms with Crippen LogP contribution in [0.2, 0.25) is 5.02 Å². The molecular formula is C13H20ClNO3. The minimum absolute atomic E-state index is 0.0677. The molecule has 0 bridgehead atoms. The van der Waals surface area contributed by atoms with Crippen molar-refractivity contribution < 1.29 is 14.9 Å². The highest BCUT2D eigenvalue weighted by atomic mass is 35.5. The highest BCUT2D eigenvalue weighted by Gasteiger charge is 2.21. The number of ether oxygens (including phenoxy) is 1. The summed E-state index contributed by atoms with van der Waals surface area (Å²) in [4.78, 5) is 0. The number of benzene rings is 1. The Bertz CT molecular complexity index is 398. The van der Waals surface area contributed by atoms with Gasteiger partial charge in [-0.3, -0.25) is 0 Å². The second-order valence-corrected chi connectivity index (χ2v) is 4.60. The third-order valence-electron chi connectivity index (χ3n) is 2.78. The molecule has 4 N–H and O–H groups in total. The Morgan fingerprint density at radius 3 is 2.67 bits per heavy atom. The first kappa shape index (κ1) is 15.2. The molecule has 102 valence electrons. The summed E-state index contributed by atoms with van der Waals surface area (Å²) in [5, 5.41) is 19.6. The van der Waals surface area contributed by atoms with Crippen molar-refractivity contribution in [3.05, 3.63) is 28.3 Å². The molecule has 1 rings (SSSR count). The topological polar surface area (TPSA) is 75.7 Å². The van der Waals surface area contributed by atoms with Crippen molar-refractivity contribution in [3.63, 3.8) is 0 Å². The number of hydrogen-bond acceptors (Lipinski definition) is 4. The molecule has 0 amide bonds. The van der Waals surface area contributed by atoms with Gasteiger partial charge in [-0.15, -0.1) is 0 Å². The normalized spacial score (nSPS) is 14.3. The van der Waals surface area contributed by atoms with E-state index in [1.807, 2.05) is 13.8 Å². The van der Waals surface area contributed by atoms with E-state index in [0.717, 1.165) is 5.56 Å². The van der Waals surface area contributed by atoms with Crippen molar-refractivity contribution in [2.45, 2.75) is 32.4 Å². The molecule has 0 aliphatic heterocycles. The Kier molecular flexibility index (Phi) is 5.88. The van der Waals surface area contributed by atoms with E-state index in [9.17, 15) is 5.11 Å². The Morgan fingerprint density at radius 2 is 2.11 bits per heavy atom. The molecule has 18 heavy (non-hydrogen) atoms. The van der Waals surface area contributed by atoms with Gasteiger partial charge in [0.2, 0.25) is 0 Å². The smallest absolute Gasteiger partial charge is 0.125 e. The summed E-state index contributed by atoms with van der Waals surface area (Å²) in [5.74, 6) is 0.584. The van der Waals surface area contributed by atoms with Gasteiger partial charge in [-0.1, -0.05) is 11.6 Å². The summed E-state index contributed by atoms with van der Waals surface area (Å²) in [5.41, 5.74) is 7.25. The van der Waals surface area contributed by atoms with E-state index in [1.54, 1.807) is 12.1 Å². The summed E-state index contributed by atoms with van der Waals surface area (Å²) in [6, 6.07) is 2.91. The van der Waals surface area contributed by atoms with Crippen LogP contribution < -0.4 is 10.5 Å². The van der Waals surface area contributed by atoms with Crippen LogP contribution in [-0.2, 0) is 0 Å². The lowest BCUT2D eigenvalue weighted by Gasteiger charge is -2.21. The first-order chi connectivity index (χ1) is 8.51. The first-order valence-corrected chi connectivity index (χ1v) is 6.36. The van der Waals surface area contributed by atoms with Crippen LogP contribution >= 0.6 is 11.6 Å². The second kappa shape index (κ2) is 6.95. The average molecular weight is 274 g/mol. The first-order valence-electron chi connectivity index (χ1n) is 5.98. The van der Waals surface area contributed by atoms with Gasteiger partial charge in [0.15, 0.2) is 0 Å². The Balaban J connectivity index is 3.08. The Hall–Kier alpha value is -0.810. The molecule has 0 radical (unpaired) electrons. The van der Waals surface area contributed by atoms with Crippen molar-refractivity contribution in [2.75, 3.05) is 13.2 Å². The van der Waals surface area contributed by atoms with E-state index in [-0.39, 0.29) is 6.61 Å². The number of nitrogens with two attached hydrogens (primary N) is 1. The van der Waals surface area contributed by atoms with Crippen LogP contribution in [-0.4, -0.2) is 29.5 Å². The molecule has 0 fully saturated rings. The van der Waals surface area contributed by atoms with Crippen LogP contribution in [0.3, 0.4) is 0 Å². The minimum Gasteiger partial charge on any atom is -0.493 e. The van der Waals surface area contributed by atoms with Gasteiger partial charge in [-0.05, 0) is 38.0 Å². The van der Waals surface area contributed by atoms with Crippen molar-refractivity contribution in [2.24, 2.45) is 5.73 Å². The molecule has 0 aromatic heterocycles. The summed E-state index contributed by atoms with van der Waals surface area (Å²) < 4.78 is 5.49. The third kappa shape index (κ3) is 3.59. The maximum absolute atomic E-state index is 10.2. The lowest BCUT2D eigenvalue weighted by Crippen LogP contribution is -2.29. The molecule has 2 atom stereocenters. The fourth-order valence-corrected chi connectivity index (χ4v) is 1.89. The Morgan fingerprint density at radius 1 is 1.44 bits per heavy atom. The molecule has 0 saturated carbocycles. The molecule has 0 saturated heterocycles. The number of aliphatic hydroxyl groups is 2. The van der Waals surface area contributed by atoms with Gasteiger partial charge in [0, 0.05) is 23.2 Å². The van der Waals surface area contributed by atoms with Crippen molar-refractivity contribution in [1.82, 2.24) is 0 Å². The summed E-state index contributed by atoms with van der Waals surface area (Å²) in [6.45, 7) is 4.17. The fraction of sp³-hybridized carbons (Fsp3) is 0.538. The lowest BCUT2D eigenvalue weighted by atomic mass is 9.98. The maximum atomic E-state index is 10.2. The van der Waals surface area contributed by atoms with Gasteiger partial charge in [-0.25, -0.2) is 0 Å². The average Bonchev–Trinajstić information content (AvgIpc) is 2.33. The largest absolute Gasteiger partial charge is 0.493 e. The highest BCUT2D eigenvalue weighted by molar-refractivity contribution is 6.31. The maximum Gasteiger partial charge on any atom is 0.125 e. The fourth-order valence-electron chi connectivity index (χ4n) is 1.72. The van der Waals surface area contributed by atoms with E-state index < -0.39 is 12.1 Å². The van der Waals surface area contributed by atoms with Gasteiger partial charge >= 0.3 is 0 Å². The van der Waals surface area contributed by atoms with Crippen LogP contribution in [0.25, 0.3) is 0 Å². The number of rotatable bonds is 6. The van der Waals surface area contributed by atoms with E-state index >= 15 is 0 Å². The summed E-state index contributed by atoms with van der Waals surface area (Å²) in [6.07, 6.45) is -0.588. The molecule has 1 aromatic carbocycles. The molecular weight excluding hydrogens is 254 g/mol. The number of hydrogen-bond donors (Lipinski definition) is 3. The van der Waals surface area contributed by atoms with Crippen LogP contribution in [0.1, 0.15) is 30.6 Å².